The minimum Gasteiger partial charge on any atom is -0.452 e. The Morgan fingerprint density at radius 1 is 1.17 bits per heavy atom. The summed E-state index contributed by atoms with van der Waals surface area (Å²) in [5, 5.41) is 13.9. The van der Waals surface area contributed by atoms with Crippen molar-refractivity contribution in [2.24, 2.45) is 0 Å². The van der Waals surface area contributed by atoms with Gasteiger partial charge in [-0.05, 0) is 36.4 Å². The van der Waals surface area contributed by atoms with E-state index in [1.54, 1.807) is 0 Å². The molecule has 0 bridgehead atoms. The van der Waals surface area contributed by atoms with Crippen molar-refractivity contribution in [3.05, 3.63) is 64.0 Å². The van der Waals surface area contributed by atoms with Crippen LogP contribution in [0.5, 0.6) is 0 Å². The summed E-state index contributed by atoms with van der Waals surface area (Å²) in [6.45, 7) is 1.35. The molecule has 29 heavy (non-hydrogen) atoms. The van der Waals surface area contributed by atoms with E-state index in [-0.39, 0.29) is 11.3 Å². The Morgan fingerprint density at radius 2 is 1.86 bits per heavy atom. The van der Waals surface area contributed by atoms with Gasteiger partial charge in [0.1, 0.15) is 11.5 Å². The van der Waals surface area contributed by atoms with E-state index in [1.165, 1.54) is 36.4 Å². The van der Waals surface area contributed by atoms with Crippen LogP contribution in [0, 0.1) is 15.9 Å². The number of ether oxygens (including phenoxy) is 2. The fraction of sp³-hybridized carbons (Fsp3) is 0.263. The number of nitro groups is 1. The molecule has 10 heteroatoms. The molecule has 0 unspecified atom stereocenters. The number of benzene rings is 2. The van der Waals surface area contributed by atoms with E-state index in [0.29, 0.717) is 37.7 Å². The van der Waals surface area contributed by atoms with Crippen LogP contribution in [0.2, 0.25) is 0 Å². The molecule has 9 nitrogen and oxygen atoms in total. The highest BCUT2D eigenvalue weighted by molar-refractivity contribution is 5.96. The van der Waals surface area contributed by atoms with Gasteiger partial charge in [0.25, 0.3) is 11.6 Å². The first-order chi connectivity index (χ1) is 13.9. The van der Waals surface area contributed by atoms with Gasteiger partial charge in [-0.25, -0.2) is 9.18 Å². The molecule has 1 N–H and O–H groups in total. The number of anilines is 2. The fourth-order valence-electron chi connectivity index (χ4n) is 2.81. The smallest absolute Gasteiger partial charge is 0.338 e. The maximum atomic E-state index is 12.9. The lowest BCUT2D eigenvalue weighted by Crippen LogP contribution is -2.36. The van der Waals surface area contributed by atoms with Crippen LogP contribution < -0.4 is 10.2 Å². The van der Waals surface area contributed by atoms with Crippen LogP contribution in [0.1, 0.15) is 10.4 Å². The second kappa shape index (κ2) is 9.11. The van der Waals surface area contributed by atoms with Crippen molar-refractivity contribution < 1.29 is 28.4 Å². The molecule has 0 atom stereocenters. The number of nitrogens with one attached hydrogen (secondary N) is 1. The van der Waals surface area contributed by atoms with Crippen LogP contribution in [0.3, 0.4) is 0 Å². The largest absolute Gasteiger partial charge is 0.452 e. The summed E-state index contributed by atoms with van der Waals surface area (Å²) >= 11 is 0. The summed E-state index contributed by atoms with van der Waals surface area (Å²) in [5.74, 6) is -1.93. The Bertz CT molecular complexity index is 913. The third kappa shape index (κ3) is 5.26. The van der Waals surface area contributed by atoms with Crippen LogP contribution in [0.15, 0.2) is 42.5 Å². The summed E-state index contributed by atoms with van der Waals surface area (Å²) in [6, 6.07) is 9.11. The Morgan fingerprint density at radius 3 is 2.52 bits per heavy atom. The monoisotopic (exact) mass is 403 g/mol. The van der Waals surface area contributed by atoms with Gasteiger partial charge in [-0.15, -0.1) is 0 Å². The Labute approximate surface area is 165 Å². The number of carbonyl (C=O) groups excluding carboxylic acids is 2. The summed E-state index contributed by atoms with van der Waals surface area (Å²) in [7, 11) is 0. The van der Waals surface area contributed by atoms with E-state index in [2.05, 4.69) is 5.32 Å². The van der Waals surface area contributed by atoms with E-state index in [1.807, 2.05) is 4.90 Å². The number of nitrogens with zero attached hydrogens (tertiary/aromatic N) is 2. The number of halogens is 1. The first kappa shape index (κ1) is 20.2. The predicted octanol–water partition coefficient (Wildman–Crippen LogP) is 2.37. The number of hydrogen-bond acceptors (Lipinski definition) is 7. The average Bonchev–Trinajstić information content (AvgIpc) is 2.74. The third-order valence-electron chi connectivity index (χ3n) is 4.22. The molecule has 3 rings (SSSR count). The quantitative estimate of drug-likeness (QED) is 0.448. The molecule has 0 aromatic heterocycles. The number of hydrogen-bond donors (Lipinski definition) is 1. The summed E-state index contributed by atoms with van der Waals surface area (Å²) in [4.78, 5) is 36.7. The fourth-order valence-corrected chi connectivity index (χ4v) is 2.81. The lowest BCUT2D eigenvalue weighted by Gasteiger charge is -2.28. The van der Waals surface area contributed by atoms with E-state index >= 15 is 0 Å². The van der Waals surface area contributed by atoms with Crippen LogP contribution >= 0.6 is 0 Å². The first-order valence-electron chi connectivity index (χ1n) is 8.78. The second-order valence-electron chi connectivity index (χ2n) is 6.19. The topological polar surface area (TPSA) is 111 Å². The highest BCUT2D eigenvalue weighted by Crippen LogP contribution is 2.30. The molecule has 1 fully saturated rings. The molecule has 1 amide bonds. The molecule has 0 spiro atoms. The molecule has 1 aliphatic rings. The van der Waals surface area contributed by atoms with E-state index in [0.717, 1.165) is 6.07 Å². The Kier molecular flexibility index (Phi) is 6.35. The molecular weight excluding hydrogens is 385 g/mol. The zero-order valence-corrected chi connectivity index (χ0v) is 15.3. The third-order valence-corrected chi connectivity index (χ3v) is 4.22. The van der Waals surface area contributed by atoms with Gasteiger partial charge in [0, 0.05) is 24.8 Å². The Balaban J connectivity index is 1.64. The van der Waals surface area contributed by atoms with E-state index in [9.17, 15) is 24.1 Å². The normalized spacial score (nSPS) is 13.6. The number of rotatable bonds is 6. The zero-order chi connectivity index (χ0) is 20.8. The highest BCUT2D eigenvalue weighted by Gasteiger charge is 2.24. The lowest BCUT2D eigenvalue weighted by molar-refractivity contribution is -0.384. The van der Waals surface area contributed by atoms with Gasteiger partial charge in [0.05, 0.1) is 23.7 Å². The summed E-state index contributed by atoms with van der Waals surface area (Å²) in [6.07, 6.45) is 0. The van der Waals surface area contributed by atoms with Crippen LogP contribution in [-0.4, -0.2) is 49.7 Å². The summed E-state index contributed by atoms with van der Waals surface area (Å²) in [5.41, 5.74) is 0.474. The number of nitro benzene ring substituents is 1. The number of amides is 1. The van der Waals surface area contributed by atoms with Gasteiger partial charge < -0.3 is 19.7 Å². The summed E-state index contributed by atoms with van der Waals surface area (Å²) < 4.78 is 23.0. The van der Waals surface area contributed by atoms with Crippen molar-refractivity contribution in [3.63, 3.8) is 0 Å². The van der Waals surface area contributed by atoms with Crippen molar-refractivity contribution >= 4 is 28.9 Å². The molecular formula is C19H18FN3O6. The van der Waals surface area contributed by atoms with Gasteiger partial charge in [-0.3, -0.25) is 14.9 Å². The molecule has 152 valence electrons. The van der Waals surface area contributed by atoms with Crippen molar-refractivity contribution in [1.82, 2.24) is 0 Å². The van der Waals surface area contributed by atoms with Crippen LogP contribution in [-0.2, 0) is 14.3 Å². The molecule has 1 saturated heterocycles. The van der Waals surface area contributed by atoms with Crippen molar-refractivity contribution in [1.29, 1.82) is 0 Å². The second-order valence-corrected chi connectivity index (χ2v) is 6.19. The molecule has 1 aliphatic heterocycles. The molecule has 1 heterocycles. The Hall–Kier alpha value is -3.53. The van der Waals surface area contributed by atoms with Gasteiger partial charge in [-0.1, -0.05) is 0 Å². The van der Waals surface area contributed by atoms with Crippen LogP contribution in [0.25, 0.3) is 0 Å². The standard InChI is InChI=1S/C19H18FN3O6/c20-14-2-4-15(5-3-14)21-18(24)12-29-19(25)13-1-6-16(17(11-13)23(26)27)22-7-9-28-10-8-22/h1-6,11H,7-10,12H2,(H,21,24). The lowest BCUT2D eigenvalue weighted by atomic mass is 10.1. The van der Waals surface area contributed by atoms with Gasteiger partial charge >= 0.3 is 5.97 Å². The van der Waals surface area contributed by atoms with E-state index in [4.69, 9.17) is 9.47 Å². The predicted molar refractivity (Wildman–Crippen MR) is 101 cm³/mol. The molecule has 0 aliphatic carbocycles. The maximum absolute atomic E-state index is 12.9. The average molecular weight is 403 g/mol. The minimum absolute atomic E-state index is 0.0386. The van der Waals surface area contributed by atoms with Crippen molar-refractivity contribution in [3.8, 4) is 0 Å². The zero-order valence-electron chi connectivity index (χ0n) is 15.3. The first-order valence-corrected chi connectivity index (χ1v) is 8.78. The SMILES string of the molecule is O=C(COC(=O)c1ccc(N2CCOCC2)c([N+](=O)[O-])c1)Nc1ccc(F)cc1. The number of esters is 1. The maximum Gasteiger partial charge on any atom is 0.338 e. The van der Waals surface area contributed by atoms with Crippen molar-refractivity contribution in [2.45, 2.75) is 0 Å². The number of morpholine rings is 1. The van der Waals surface area contributed by atoms with Crippen LogP contribution in [0.4, 0.5) is 21.5 Å². The number of carbonyl (C=O) groups is 2. The highest BCUT2D eigenvalue weighted by atomic mass is 19.1. The van der Waals surface area contributed by atoms with Crippen molar-refractivity contribution in [2.75, 3.05) is 43.1 Å². The van der Waals surface area contributed by atoms with Gasteiger partial charge in [0.15, 0.2) is 6.61 Å². The van der Waals surface area contributed by atoms with Gasteiger partial charge in [-0.2, -0.15) is 0 Å². The molecule has 2 aromatic rings. The van der Waals surface area contributed by atoms with Gasteiger partial charge in [0.2, 0.25) is 0 Å². The minimum atomic E-state index is -0.865. The molecule has 2 aromatic carbocycles. The van der Waals surface area contributed by atoms with E-state index < -0.39 is 29.2 Å². The molecule has 0 saturated carbocycles. The molecule has 0 radical (unpaired) electrons.